The van der Waals surface area contributed by atoms with Crippen molar-refractivity contribution >= 4 is 17.7 Å². The van der Waals surface area contributed by atoms with Crippen molar-refractivity contribution in [3.63, 3.8) is 0 Å². The van der Waals surface area contributed by atoms with E-state index in [1.165, 1.54) is 24.3 Å². The molecule has 0 aliphatic carbocycles. The summed E-state index contributed by atoms with van der Waals surface area (Å²) in [5, 5.41) is 13.4. The summed E-state index contributed by atoms with van der Waals surface area (Å²) in [7, 11) is 0. The van der Waals surface area contributed by atoms with Gasteiger partial charge in [-0.25, -0.2) is 0 Å². The number of rotatable bonds is 9. The smallest absolute Gasteiger partial charge is 0.387 e. The van der Waals surface area contributed by atoms with Crippen molar-refractivity contribution < 1.29 is 36.8 Å². The van der Waals surface area contributed by atoms with Crippen molar-refractivity contribution in [1.29, 1.82) is 0 Å². The number of nitrogens with zero attached hydrogens (tertiary/aromatic N) is 1. The predicted molar refractivity (Wildman–Crippen MR) is 98.4 cm³/mol. The number of halogens is 4. The molecule has 1 atom stereocenters. The van der Waals surface area contributed by atoms with Crippen LogP contribution in [0.3, 0.4) is 0 Å². The molecule has 0 aromatic heterocycles. The third-order valence-corrected chi connectivity index (χ3v) is 3.78. The highest BCUT2D eigenvalue weighted by Gasteiger charge is 2.14. The van der Waals surface area contributed by atoms with Crippen LogP contribution in [0.15, 0.2) is 48.5 Å². The van der Waals surface area contributed by atoms with Gasteiger partial charge in [-0.2, -0.15) is 17.6 Å². The molecule has 0 spiro atoms. The Morgan fingerprint density at radius 3 is 2.43 bits per heavy atom. The first-order valence-corrected chi connectivity index (χ1v) is 8.42. The van der Waals surface area contributed by atoms with Crippen LogP contribution in [0.5, 0.6) is 11.5 Å². The van der Waals surface area contributed by atoms with E-state index in [2.05, 4.69) is 14.8 Å². The van der Waals surface area contributed by atoms with Crippen LogP contribution in [0.2, 0.25) is 0 Å². The molecule has 0 fully saturated rings. The third-order valence-electron chi connectivity index (χ3n) is 3.78. The molecule has 160 valence electrons. The predicted octanol–water partition coefficient (Wildman–Crippen LogP) is 4.69. The Balaban J connectivity index is 2.12. The fraction of sp³-hybridized carbons (Fsp3) is 0.211. The van der Waals surface area contributed by atoms with E-state index in [-0.39, 0.29) is 17.0 Å². The van der Waals surface area contributed by atoms with Crippen molar-refractivity contribution in [3.05, 3.63) is 69.8 Å². The van der Waals surface area contributed by atoms with Crippen molar-refractivity contribution in [2.45, 2.75) is 26.2 Å². The minimum Gasteiger partial charge on any atom is -0.435 e. The molecule has 0 saturated carbocycles. The Hall–Kier alpha value is -3.63. The van der Waals surface area contributed by atoms with Gasteiger partial charge >= 0.3 is 13.2 Å². The second-order valence-electron chi connectivity index (χ2n) is 5.87. The number of nitro benzene ring substituents is 1. The van der Waals surface area contributed by atoms with E-state index >= 15 is 0 Å². The minimum absolute atomic E-state index is 0.0232. The summed E-state index contributed by atoms with van der Waals surface area (Å²) in [6.07, 6.45) is 2.18. The normalized spacial score (nSPS) is 12.2. The van der Waals surface area contributed by atoms with Crippen LogP contribution in [0.1, 0.15) is 24.1 Å². The molecule has 1 amide bonds. The van der Waals surface area contributed by atoms with E-state index in [1.54, 1.807) is 13.0 Å². The standard InChI is InChI=1S/C19H16F4N2O5/c1-11(13-3-2-4-14(9-13)25(27)28)24-17(26)8-6-12-5-7-15(29-18(20)21)10-16(12)30-19(22)23/h2-11,18-19H,1H3,(H,24,26). The number of nitro groups is 1. The summed E-state index contributed by atoms with van der Waals surface area (Å²) in [4.78, 5) is 22.4. The number of hydrogen-bond acceptors (Lipinski definition) is 5. The van der Waals surface area contributed by atoms with Crippen LogP contribution in [-0.4, -0.2) is 24.1 Å². The van der Waals surface area contributed by atoms with Crippen LogP contribution < -0.4 is 14.8 Å². The molecule has 2 aromatic carbocycles. The Kier molecular flexibility index (Phi) is 7.73. The summed E-state index contributed by atoms with van der Waals surface area (Å²) >= 11 is 0. The zero-order chi connectivity index (χ0) is 22.3. The molecule has 30 heavy (non-hydrogen) atoms. The van der Waals surface area contributed by atoms with Gasteiger partial charge in [0, 0.05) is 29.8 Å². The molecule has 2 aromatic rings. The molecule has 2 rings (SSSR count). The number of benzene rings is 2. The fourth-order valence-corrected chi connectivity index (χ4v) is 2.44. The monoisotopic (exact) mass is 428 g/mol. The first-order chi connectivity index (χ1) is 14.2. The van der Waals surface area contributed by atoms with Gasteiger partial charge in [0.2, 0.25) is 5.91 Å². The second kappa shape index (κ2) is 10.2. The van der Waals surface area contributed by atoms with E-state index in [9.17, 15) is 32.5 Å². The number of ether oxygens (including phenoxy) is 2. The Bertz CT molecular complexity index is 937. The van der Waals surface area contributed by atoms with Gasteiger partial charge in [-0.05, 0) is 30.7 Å². The van der Waals surface area contributed by atoms with Crippen LogP contribution in [0.25, 0.3) is 6.08 Å². The average Bonchev–Trinajstić information content (AvgIpc) is 2.66. The lowest BCUT2D eigenvalue weighted by atomic mass is 10.1. The topological polar surface area (TPSA) is 90.7 Å². The van der Waals surface area contributed by atoms with E-state index in [0.29, 0.717) is 5.56 Å². The SMILES string of the molecule is CC(NC(=O)C=Cc1ccc(OC(F)F)cc1OC(F)F)c1cccc([N+](=O)[O-])c1. The van der Waals surface area contributed by atoms with Crippen LogP contribution in [0, 0.1) is 10.1 Å². The molecule has 0 aliphatic heterocycles. The van der Waals surface area contributed by atoms with Gasteiger partial charge in [-0.15, -0.1) is 0 Å². The second-order valence-corrected chi connectivity index (χ2v) is 5.87. The maximum Gasteiger partial charge on any atom is 0.387 e. The van der Waals surface area contributed by atoms with E-state index in [4.69, 9.17) is 0 Å². The molecular weight excluding hydrogens is 412 g/mol. The number of alkyl halides is 4. The van der Waals surface area contributed by atoms with Gasteiger partial charge in [-0.1, -0.05) is 12.1 Å². The summed E-state index contributed by atoms with van der Waals surface area (Å²) < 4.78 is 58.1. The third kappa shape index (κ3) is 6.76. The number of non-ortho nitro benzene ring substituents is 1. The van der Waals surface area contributed by atoms with Gasteiger partial charge in [0.25, 0.3) is 5.69 Å². The van der Waals surface area contributed by atoms with Crippen molar-refractivity contribution in [2.24, 2.45) is 0 Å². The molecule has 1 N–H and O–H groups in total. The Labute approximate surface area is 168 Å². The largest absolute Gasteiger partial charge is 0.435 e. The highest BCUT2D eigenvalue weighted by molar-refractivity contribution is 5.92. The summed E-state index contributed by atoms with van der Waals surface area (Å²) in [6, 6.07) is 8.23. The number of amides is 1. The number of hydrogen-bond donors (Lipinski definition) is 1. The highest BCUT2D eigenvalue weighted by atomic mass is 19.3. The Morgan fingerprint density at radius 2 is 1.80 bits per heavy atom. The van der Waals surface area contributed by atoms with Crippen LogP contribution >= 0.6 is 0 Å². The lowest BCUT2D eigenvalue weighted by Crippen LogP contribution is -2.24. The van der Waals surface area contributed by atoms with Gasteiger partial charge < -0.3 is 14.8 Å². The Morgan fingerprint density at radius 1 is 1.10 bits per heavy atom. The highest BCUT2D eigenvalue weighted by Crippen LogP contribution is 2.28. The van der Waals surface area contributed by atoms with E-state index in [0.717, 1.165) is 24.3 Å². The lowest BCUT2D eigenvalue weighted by molar-refractivity contribution is -0.384. The molecule has 0 aliphatic rings. The van der Waals surface area contributed by atoms with Crippen LogP contribution in [-0.2, 0) is 4.79 Å². The molecule has 11 heteroatoms. The molecule has 7 nitrogen and oxygen atoms in total. The molecule has 1 unspecified atom stereocenters. The number of carbonyl (C=O) groups excluding carboxylic acids is 1. The average molecular weight is 428 g/mol. The van der Waals surface area contributed by atoms with Gasteiger partial charge in [0.15, 0.2) is 0 Å². The zero-order valence-corrected chi connectivity index (χ0v) is 15.4. The maximum absolute atomic E-state index is 12.6. The first-order valence-electron chi connectivity index (χ1n) is 8.42. The fourth-order valence-electron chi connectivity index (χ4n) is 2.44. The molecule has 0 saturated heterocycles. The van der Waals surface area contributed by atoms with Crippen molar-refractivity contribution in [1.82, 2.24) is 5.32 Å². The van der Waals surface area contributed by atoms with Crippen LogP contribution in [0.4, 0.5) is 23.2 Å². The minimum atomic E-state index is -3.22. The summed E-state index contributed by atoms with van der Waals surface area (Å²) in [5.74, 6) is -1.47. The van der Waals surface area contributed by atoms with E-state index < -0.39 is 35.8 Å². The summed E-state index contributed by atoms with van der Waals surface area (Å²) in [6.45, 7) is -4.76. The maximum atomic E-state index is 12.6. The van der Waals surface area contributed by atoms with Gasteiger partial charge in [0.1, 0.15) is 11.5 Å². The quantitative estimate of drug-likeness (QED) is 0.271. The van der Waals surface area contributed by atoms with E-state index in [1.807, 2.05) is 0 Å². The molecule has 0 bridgehead atoms. The number of carbonyl (C=O) groups is 1. The van der Waals surface area contributed by atoms with Crippen molar-refractivity contribution in [3.8, 4) is 11.5 Å². The first kappa shape index (κ1) is 22.7. The van der Waals surface area contributed by atoms with Gasteiger partial charge in [-0.3, -0.25) is 14.9 Å². The van der Waals surface area contributed by atoms with Crippen molar-refractivity contribution in [2.75, 3.05) is 0 Å². The lowest BCUT2D eigenvalue weighted by Gasteiger charge is -2.13. The molecule has 0 heterocycles. The number of nitrogens with one attached hydrogen (secondary N) is 1. The molecular formula is C19H16F4N2O5. The van der Waals surface area contributed by atoms with Gasteiger partial charge in [0.05, 0.1) is 11.0 Å². The molecule has 0 radical (unpaired) electrons. The zero-order valence-electron chi connectivity index (χ0n) is 15.4. The summed E-state index contributed by atoms with van der Waals surface area (Å²) in [5.41, 5.74) is 0.375.